The molecule has 176 valence electrons. The molecule has 3 unspecified atom stereocenters. The van der Waals surface area contributed by atoms with Crippen LogP contribution < -0.4 is 10.5 Å². The van der Waals surface area contributed by atoms with E-state index in [9.17, 15) is 34.8 Å². The molecular formula is C19H25F6N3O2S. The van der Waals surface area contributed by atoms with Gasteiger partial charge in [-0.05, 0) is 56.7 Å². The Morgan fingerprint density at radius 2 is 1.74 bits per heavy atom. The smallest absolute Gasteiger partial charge is 0.327 e. The minimum atomic E-state index is -4.65. The maximum Gasteiger partial charge on any atom is 0.404 e. The van der Waals surface area contributed by atoms with Crippen molar-refractivity contribution >= 4 is 10.0 Å². The van der Waals surface area contributed by atoms with E-state index in [0.717, 1.165) is 0 Å². The summed E-state index contributed by atoms with van der Waals surface area (Å²) in [5, 5.41) is -0.472. The van der Waals surface area contributed by atoms with Gasteiger partial charge in [-0.3, -0.25) is 4.90 Å². The lowest BCUT2D eigenvalue weighted by Crippen LogP contribution is -2.53. The fourth-order valence-electron chi connectivity index (χ4n) is 4.03. The van der Waals surface area contributed by atoms with Crippen molar-refractivity contribution in [2.45, 2.75) is 68.1 Å². The van der Waals surface area contributed by atoms with Crippen molar-refractivity contribution in [3.63, 3.8) is 0 Å². The van der Waals surface area contributed by atoms with Crippen molar-refractivity contribution < 1.29 is 34.8 Å². The molecule has 1 aromatic carbocycles. The summed E-state index contributed by atoms with van der Waals surface area (Å²) in [4.78, 5) is 1.19. The second-order valence-electron chi connectivity index (χ2n) is 8.24. The molecule has 3 atom stereocenters. The number of nitrogens with one attached hydrogen (secondary N) is 1. The first-order chi connectivity index (χ1) is 14.4. The van der Waals surface area contributed by atoms with Crippen LogP contribution in [0.5, 0.6) is 0 Å². The zero-order valence-electron chi connectivity index (χ0n) is 16.6. The number of likely N-dealkylation sites (tertiary alicyclic amines) is 1. The average Bonchev–Trinajstić information content (AvgIpc) is 3.42. The van der Waals surface area contributed by atoms with Gasteiger partial charge in [0.1, 0.15) is 11.9 Å². The van der Waals surface area contributed by atoms with Crippen LogP contribution in [0.1, 0.15) is 37.7 Å². The molecule has 31 heavy (non-hydrogen) atoms. The van der Waals surface area contributed by atoms with Crippen LogP contribution in [0.2, 0.25) is 0 Å². The van der Waals surface area contributed by atoms with Crippen LogP contribution in [-0.4, -0.2) is 56.0 Å². The van der Waals surface area contributed by atoms with E-state index in [-0.39, 0.29) is 18.7 Å². The molecule has 3 N–H and O–H groups in total. The highest BCUT2D eigenvalue weighted by atomic mass is 32.2. The van der Waals surface area contributed by atoms with Crippen LogP contribution in [-0.2, 0) is 16.4 Å². The average molecular weight is 473 g/mol. The molecule has 1 saturated heterocycles. The van der Waals surface area contributed by atoms with Crippen molar-refractivity contribution in [2.24, 2.45) is 5.73 Å². The van der Waals surface area contributed by atoms with Gasteiger partial charge in [0.15, 0.2) is 11.6 Å². The largest absolute Gasteiger partial charge is 0.404 e. The zero-order chi connectivity index (χ0) is 23.0. The van der Waals surface area contributed by atoms with Gasteiger partial charge in [0.25, 0.3) is 0 Å². The monoisotopic (exact) mass is 473 g/mol. The SMILES string of the molecule is NC(Cc1cc(F)c(F)cc1F)CC(N1CCCC1CNS(=O)(=O)C1CC1)C(F)(F)F. The summed E-state index contributed by atoms with van der Waals surface area (Å²) in [7, 11) is -3.53. The highest BCUT2D eigenvalue weighted by molar-refractivity contribution is 7.90. The van der Waals surface area contributed by atoms with Crippen molar-refractivity contribution in [3.05, 3.63) is 35.1 Å². The summed E-state index contributed by atoms with van der Waals surface area (Å²) < 4.78 is 108. The van der Waals surface area contributed by atoms with Crippen molar-refractivity contribution in [1.29, 1.82) is 0 Å². The van der Waals surface area contributed by atoms with Gasteiger partial charge in [-0.15, -0.1) is 0 Å². The third-order valence-corrected chi connectivity index (χ3v) is 7.70. The van der Waals surface area contributed by atoms with Gasteiger partial charge in [-0.25, -0.2) is 26.3 Å². The second kappa shape index (κ2) is 9.24. The maximum absolute atomic E-state index is 13.8. The van der Waals surface area contributed by atoms with Crippen molar-refractivity contribution in [2.75, 3.05) is 13.1 Å². The third-order valence-electron chi connectivity index (χ3n) is 5.78. The Labute approximate surface area is 177 Å². The van der Waals surface area contributed by atoms with E-state index in [4.69, 9.17) is 5.73 Å². The lowest BCUT2D eigenvalue weighted by Gasteiger charge is -2.36. The predicted octanol–water partition coefficient (Wildman–Crippen LogP) is 2.84. The molecule has 0 bridgehead atoms. The molecule has 2 aliphatic rings. The first kappa shape index (κ1) is 24.3. The molecule has 12 heteroatoms. The Hall–Kier alpha value is -1.37. The maximum atomic E-state index is 13.8. The van der Waals surface area contributed by atoms with Crippen LogP contribution in [0.3, 0.4) is 0 Å². The summed E-state index contributed by atoms with van der Waals surface area (Å²) in [6.45, 7) is -0.00922. The zero-order valence-corrected chi connectivity index (χ0v) is 17.5. The Morgan fingerprint density at radius 3 is 2.35 bits per heavy atom. The topological polar surface area (TPSA) is 75.4 Å². The lowest BCUT2D eigenvalue weighted by atomic mass is 9.98. The Bertz CT molecular complexity index is 891. The molecule has 0 radical (unpaired) electrons. The van der Waals surface area contributed by atoms with E-state index < -0.39 is 69.9 Å². The fraction of sp³-hybridized carbons (Fsp3) is 0.684. The minimum absolute atomic E-state index is 0.117. The molecular weight excluding hydrogens is 448 g/mol. The molecule has 0 aromatic heterocycles. The number of benzene rings is 1. The number of nitrogens with two attached hydrogens (primary N) is 1. The highest BCUT2D eigenvalue weighted by Crippen LogP contribution is 2.34. The van der Waals surface area contributed by atoms with E-state index >= 15 is 0 Å². The first-order valence-electron chi connectivity index (χ1n) is 10.1. The Morgan fingerprint density at radius 1 is 1.10 bits per heavy atom. The number of sulfonamides is 1. The number of nitrogens with zero attached hydrogens (tertiary/aromatic N) is 1. The molecule has 0 spiro atoms. The number of halogens is 6. The number of alkyl halides is 3. The van der Waals surface area contributed by atoms with Gasteiger partial charge in [-0.2, -0.15) is 13.2 Å². The first-order valence-corrected chi connectivity index (χ1v) is 11.6. The number of hydrogen-bond acceptors (Lipinski definition) is 4. The second-order valence-corrected chi connectivity index (χ2v) is 10.3. The summed E-state index contributed by atoms with van der Waals surface area (Å²) in [6, 6.07) is -2.85. The predicted molar refractivity (Wildman–Crippen MR) is 102 cm³/mol. The number of hydrogen-bond donors (Lipinski definition) is 2. The van der Waals surface area contributed by atoms with E-state index in [0.29, 0.717) is 37.8 Å². The van der Waals surface area contributed by atoms with Crippen LogP contribution >= 0.6 is 0 Å². The molecule has 1 saturated carbocycles. The van der Waals surface area contributed by atoms with E-state index in [2.05, 4.69) is 4.72 Å². The van der Waals surface area contributed by atoms with Crippen LogP contribution in [0.4, 0.5) is 26.3 Å². The molecule has 1 aromatic rings. The van der Waals surface area contributed by atoms with Crippen molar-refractivity contribution in [1.82, 2.24) is 9.62 Å². The van der Waals surface area contributed by atoms with Gasteiger partial charge in [0, 0.05) is 24.7 Å². The van der Waals surface area contributed by atoms with Crippen molar-refractivity contribution in [3.8, 4) is 0 Å². The summed E-state index contributed by atoms with van der Waals surface area (Å²) in [5.74, 6) is -3.78. The number of rotatable bonds is 9. The molecule has 1 aliphatic heterocycles. The minimum Gasteiger partial charge on any atom is -0.327 e. The molecule has 2 fully saturated rings. The molecule has 1 heterocycles. The van der Waals surface area contributed by atoms with Gasteiger partial charge in [-0.1, -0.05) is 0 Å². The van der Waals surface area contributed by atoms with Gasteiger partial charge in [0.05, 0.1) is 5.25 Å². The quantitative estimate of drug-likeness (QED) is 0.427. The standard InChI is InChI=1S/C19H25F6N3O2S/c20-15-9-17(22)16(21)7-11(15)6-12(26)8-18(19(23,24)25)28-5-1-2-13(28)10-27-31(29,30)14-3-4-14/h7,9,12-14,18,27H,1-6,8,10,26H2. The van der Waals surface area contributed by atoms with Gasteiger partial charge < -0.3 is 5.73 Å². The normalized spacial score (nSPS) is 22.6. The Kier molecular flexibility index (Phi) is 7.24. The van der Waals surface area contributed by atoms with Crippen LogP contribution in [0.25, 0.3) is 0 Å². The molecule has 3 rings (SSSR count). The summed E-state index contributed by atoms with van der Waals surface area (Å²) in [6.07, 6.45) is -3.69. The summed E-state index contributed by atoms with van der Waals surface area (Å²) in [5.41, 5.74) is 5.54. The molecule has 5 nitrogen and oxygen atoms in total. The molecule has 1 aliphatic carbocycles. The third kappa shape index (κ3) is 6.11. The summed E-state index contributed by atoms with van der Waals surface area (Å²) >= 11 is 0. The van der Waals surface area contributed by atoms with E-state index in [1.54, 1.807) is 0 Å². The fourth-order valence-corrected chi connectivity index (χ4v) is 5.44. The van der Waals surface area contributed by atoms with Crippen LogP contribution in [0, 0.1) is 17.5 Å². The lowest BCUT2D eigenvalue weighted by molar-refractivity contribution is -0.188. The molecule has 0 amide bonds. The van der Waals surface area contributed by atoms with Gasteiger partial charge >= 0.3 is 6.18 Å². The van der Waals surface area contributed by atoms with E-state index in [1.807, 2.05) is 0 Å². The van der Waals surface area contributed by atoms with E-state index in [1.165, 1.54) is 4.90 Å². The Balaban J connectivity index is 1.68. The van der Waals surface area contributed by atoms with Crippen LogP contribution in [0.15, 0.2) is 12.1 Å². The highest BCUT2D eigenvalue weighted by Gasteiger charge is 2.48. The van der Waals surface area contributed by atoms with Gasteiger partial charge in [0.2, 0.25) is 10.0 Å².